The highest BCUT2D eigenvalue weighted by atomic mass is 16.5. The Bertz CT molecular complexity index is 787. The number of hydrogen-bond acceptors (Lipinski definition) is 6. The summed E-state index contributed by atoms with van der Waals surface area (Å²) in [4.78, 5) is 16.9. The van der Waals surface area contributed by atoms with Gasteiger partial charge in [0.15, 0.2) is 0 Å². The SMILES string of the molecule is Cc1occc1CN(C)c1nnc(C(=O)N2CCCC2)n1CC1CCCO1. The minimum absolute atomic E-state index is 0.0304. The van der Waals surface area contributed by atoms with E-state index in [9.17, 15) is 4.79 Å². The standard InChI is InChI=1S/C19H27N5O3/c1-14-15(7-11-26-14)12-22(2)19-21-20-17(18(25)23-8-3-4-9-23)24(19)13-16-6-5-10-27-16/h7,11,16H,3-6,8-10,12-13H2,1-2H3. The Morgan fingerprint density at radius 2 is 2.11 bits per heavy atom. The molecule has 2 aromatic heterocycles. The minimum Gasteiger partial charge on any atom is -0.469 e. The van der Waals surface area contributed by atoms with Gasteiger partial charge in [-0.1, -0.05) is 0 Å². The van der Waals surface area contributed by atoms with Crippen molar-refractivity contribution in [2.75, 3.05) is 31.6 Å². The smallest absolute Gasteiger partial charge is 0.291 e. The van der Waals surface area contributed by atoms with Crippen LogP contribution < -0.4 is 4.90 Å². The number of carbonyl (C=O) groups excluding carboxylic acids is 1. The van der Waals surface area contributed by atoms with Crippen LogP contribution in [0.25, 0.3) is 0 Å². The quantitative estimate of drug-likeness (QED) is 0.773. The molecule has 4 rings (SSSR count). The Labute approximate surface area is 159 Å². The average Bonchev–Trinajstić information content (AvgIpc) is 3.44. The van der Waals surface area contributed by atoms with E-state index in [1.54, 1.807) is 6.26 Å². The lowest BCUT2D eigenvalue weighted by molar-refractivity contribution is 0.0755. The number of ether oxygens (including phenoxy) is 1. The van der Waals surface area contributed by atoms with Gasteiger partial charge in [0.2, 0.25) is 11.8 Å². The molecule has 2 aliphatic heterocycles. The molecule has 0 bridgehead atoms. The van der Waals surface area contributed by atoms with Gasteiger partial charge in [0.25, 0.3) is 5.91 Å². The summed E-state index contributed by atoms with van der Waals surface area (Å²) in [5, 5.41) is 8.64. The first kappa shape index (κ1) is 18.0. The molecule has 146 valence electrons. The van der Waals surface area contributed by atoms with Crippen molar-refractivity contribution >= 4 is 11.9 Å². The highest BCUT2D eigenvalue weighted by Crippen LogP contribution is 2.23. The second-order valence-corrected chi connectivity index (χ2v) is 7.43. The first-order chi connectivity index (χ1) is 13.1. The number of carbonyl (C=O) groups is 1. The van der Waals surface area contributed by atoms with Gasteiger partial charge >= 0.3 is 0 Å². The summed E-state index contributed by atoms with van der Waals surface area (Å²) in [5.41, 5.74) is 1.09. The van der Waals surface area contributed by atoms with Gasteiger partial charge in [-0.2, -0.15) is 0 Å². The Kier molecular flexibility index (Phi) is 5.15. The van der Waals surface area contributed by atoms with Crippen LogP contribution in [0.5, 0.6) is 0 Å². The van der Waals surface area contributed by atoms with Gasteiger partial charge in [0.05, 0.1) is 18.9 Å². The molecular formula is C19H27N5O3. The summed E-state index contributed by atoms with van der Waals surface area (Å²) >= 11 is 0. The maximum Gasteiger partial charge on any atom is 0.291 e. The largest absolute Gasteiger partial charge is 0.469 e. The second-order valence-electron chi connectivity index (χ2n) is 7.43. The van der Waals surface area contributed by atoms with Crippen molar-refractivity contribution < 1.29 is 13.9 Å². The van der Waals surface area contributed by atoms with Crippen molar-refractivity contribution in [3.05, 3.63) is 29.5 Å². The Morgan fingerprint density at radius 3 is 2.78 bits per heavy atom. The molecule has 4 heterocycles. The van der Waals surface area contributed by atoms with Gasteiger partial charge in [0.1, 0.15) is 5.76 Å². The van der Waals surface area contributed by atoms with Crippen LogP contribution in [0.1, 0.15) is 47.6 Å². The molecule has 0 spiro atoms. The highest BCUT2D eigenvalue weighted by molar-refractivity contribution is 5.91. The van der Waals surface area contributed by atoms with Crippen molar-refractivity contribution in [3.63, 3.8) is 0 Å². The first-order valence-corrected chi connectivity index (χ1v) is 9.71. The lowest BCUT2D eigenvalue weighted by Crippen LogP contribution is -2.32. The lowest BCUT2D eigenvalue weighted by Gasteiger charge is -2.22. The molecule has 0 saturated carbocycles. The van der Waals surface area contributed by atoms with Crippen molar-refractivity contribution in [2.45, 2.75) is 51.8 Å². The number of amides is 1. The summed E-state index contributed by atoms with van der Waals surface area (Å²) in [7, 11) is 1.96. The van der Waals surface area contributed by atoms with E-state index >= 15 is 0 Å². The number of nitrogens with zero attached hydrogens (tertiary/aromatic N) is 5. The highest BCUT2D eigenvalue weighted by Gasteiger charge is 2.29. The fraction of sp³-hybridized carbons (Fsp3) is 0.632. The molecule has 0 aliphatic carbocycles. The van der Waals surface area contributed by atoms with Crippen LogP contribution in [0.2, 0.25) is 0 Å². The van der Waals surface area contributed by atoms with Crippen LogP contribution in [0, 0.1) is 6.92 Å². The predicted octanol–water partition coefficient (Wildman–Crippen LogP) is 2.23. The number of furan rings is 1. The van der Waals surface area contributed by atoms with Crippen LogP contribution >= 0.6 is 0 Å². The zero-order chi connectivity index (χ0) is 18.8. The van der Waals surface area contributed by atoms with Crippen LogP contribution in [-0.2, 0) is 17.8 Å². The molecule has 1 unspecified atom stereocenters. The molecule has 0 aromatic carbocycles. The van der Waals surface area contributed by atoms with Gasteiger partial charge in [0, 0.05) is 38.9 Å². The molecule has 2 fully saturated rings. The zero-order valence-electron chi connectivity index (χ0n) is 16.1. The van der Waals surface area contributed by atoms with E-state index in [1.807, 2.05) is 34.4 Å². The molecule has 1 atom stereocenters. The van der Waals surface area contributed by atoms with Crippen molar-refractivity contribution in [1.82, 2.24) is 19.7 Å². The van der Waals surface area contributed by atoms with E-state index < -0.39 is 0 Å². The van der Waals surface area contributed by atoms with Gasteiger partial charge in [-0.25, -0.2) is 0 Å². The summed E-state index contributed by atoms with van der Waals surface area (Å²) in [6.07, 6.45) is 5.96. The number of rotatable bonds is 6. The third-order valence-electron chi connectivity index (χ3n) is 5.44. The fourth-order valence-electron chi connectivity index (χ4n) is 3.86. The van der Waals surface area contributed by atoms with Gasteiger partial charge in [-0.3, -0.25) is 9.36 Å². The van der Waals surface area contributed by atoms with Crippen LogP contribution in [0.3, 0.4) is 0 Å². The predicted molar refractivity (Wildman–Crippen MR) is 99.7 cm³/mol. The normalized spacial score (nSPS) is 19.8. The monoisotopic (exact) mass is 373 g/mol. The first-order valence-electron chi connectivity index (χ1n) is 9.71. The third kappa shape index (κ3) is 3.71. The fourth-order valence-corrected chi connectivity index (χ4v) is 3.86. The van der Waals surface area contributed by atoms with E-state index in [0.29, 0.717) is 24.9 Å². The van der Waals surface area contributed by atoms with Crippen LogP contribution in [0.15, 0.2) is 16.7 Å². The Hall–Kier alpha value is -2.35. The summed E-state index contributed by atoms with van der Waals surface area (Å²) in [5.74, 6) is 1.96. The van der Waals surface area contributed by atoms with Crippen LogP contribution in [-0.4, -0.2) is 58.4 Å². The van der Waals surface area contributed by atoms with E-state index in [2.05, 4.69) is 10.2 Å². The van der Waals surface area contributed by atoms with Gasteiger partial charge < -0.3 is 19.0 Å². The Balaban J connectivity index is 1.61. The molecule has 1 amide bonds. The summed E-state index contributed by atoms with van der Waals surface area (Å²) in [6, 6.07) is 1.96. The molecule has 2 aliphatic rings. The van der Waals surface area contributed by atoms with Gasteiger partial charge in [-0.15, -0.1) is 10.2 Å². The lowest BCUT2D eigenvalue weighted by atomic mass is 10.2. The summed E-state index contributed by atoms with van der Waals surface area (Å²) < 4.78 is 13.1. The number of likely N-dealkylation sites (tertiary alicyclic amines) is 1. The molecule has 2 saturated heterocycles. The van der Waals surface area contributed by atoms with E-state index in [1.165, 1.54) is 0 Å². The van der Waals surface area contributed by atoms with E-state index in [-0.39, 0.29) is 12.0 Å². The number of aryl methyl sites for hydroxylation is 1. The minimum atomic E-state index is -0.0304. The number of anilines is 1. The summed E-state index contributed by atoms with van der Waals surface area (Å²) in [6.45, 7) is 5.57. The molecular weight excluding hydrogens is 346 g/mol. The van der Waals surface area contributed by atoms with Crippen molar-refractivity contribution in [3.8, 4) is 0 Å². The van der Waals surface area contributed by atoms with Gasteiger partial charge in [-0.05, 0) is 38.7 Å². The molecule has 0 radical (unpaired) electrons. The number of hydrogen-bond donors (Lipinski definition) is 0. The maximum absolute atomic E-state index is 13.0. The molecule has 27 heavy (non-hydrogen) atoms. The second kappa shape index (κ2) is 7.72. The van der Waals surface area contributed by atoms with E-state index in [0.717, 1.165) is 56.7 Å². The topological polar surface area (TPSA) is 76.6 Å². The average molecular weight is 373 g/mol. The van der Waals surface area contributed by atoms with Crippen molar-refractivity contribution in [2.24, 2.45) is 0 Å². The zero-order valence-corrected chi connectivity index (χ0v) is 16.1. The van der Waals surface area contributed by atoms with Crippen LogP contribution in [0.4, 0.5) is 5.95 Å². The Morgan fingerprint density at radius 1 is 1.30 bits per heavy atom. The number of aromatic nitrogens is 3. The molecule has 0 N–H and O–H groups in total. The molecule has 2 aromatic rings. The van der Waals surface area contributed by atoms with Crippen molar-refractivity contribution in [1.29, 1.82) is 0 Å². The molecule has 8 nitrogen and oxygen atoms in total. The maximum atomic E-state index is 13.0. The van der Waals surface area contributed by atoms with E-state index in [4.69, 9.17) is 9.15 Å². The third-order valence-corrected chi connectivity index (χ3v) is 5.44. The molecule has 8 heteroatoms.